The zero-order valence-corrected chi connectivity index (χ0v) is 13.6. The number of halogens is 1. The van der Waals surface area contributed by atoms with Gasteiger partial charge in [0.25, 0.3) is 0 Å². The summed E-state index contributed by atoms with van der Waals surface area (Å²) in [5.74, 6) is 1.90. The number of benzene rings is 1. The van der Waals surface area contributed by atoms with E-state index in [1.807, 2.05) is 0 Å². The van der Waals surface area contributed by atoms with Crippen molar-refractivity contribution in [3.8, 4) is 11.5 Å². The summed E-state index contributed by atoms with van der Waals surface area (Å²) in [6, 6.07) is 2.09. The van der Waals surface area contributed by atoms with Crippen molar-refractivity contribution < 1.29 is 9.47 Å². The molecule has 21 heavy (non-hydrogen) atoms. The fraction of sp³-hybridized carbons (Fsp3) is 0.647. The molecule has 0 unspecified atom stereocenters. The first-order chi connectivity index (χ1) is 10.1. The fourth-order valence-electron chi connectivity index (χ4n) is 3.87. The van der Waals surface area contributed by atoms with Gasteiger partial charge < -0.3 is 15.2 Å². The maximum Gasteiger partial charge on any atom is 0.231 e. The summed E-state index contributed by atoms with van der Waals surface area (Å²) in [6.45, 7) is 5.32. The molecule has 0 amide bonds. The highest BCUT2D eigenvalue weighted by Gasteiger charge is 2.38. The zero-order chi connectivity index (χ0) is 15.0. The molecule has 2 N–H and O–H groups in total. The highest BCUT2D eigenvalue weighted by molar-refractivity contribution is 6.32. The van der Waals surface area contributed by atoms with Crippen molar-refractivity contribution in [2.45, 2.75) is 57.3 Å². The van der Waals surface area contributed by atoms with Crippen LogP contribution in [0.5, 0.6) is 11.5 Å². The van der Waals surface area contributed by atoms with Crippen LogP contribution >= 0.6 is 11.6 Å². The lowest BCUT2D eigenvalue weighted by Crippen LogP contribution is -2.38. The van der Waals surface area contributed by atoms with Crippen LogP contribution in [-0.4, -0.2) is 13.3 Å². The van der Waals surface area contributed by atoms with Crippen LogP contribution in [-0.2, 0) is 5.41 Å². The Morgan fingerprint density at radius 1 is 1.19 bits per heavy atom. The second kappa shape index (κ2) is 5.69. The minimum absolute atomic E-state index is 0.0441. The first-order valence-corrected chi connectivity index (χ1v) is 8.29. The van der Waals surface area contributed by atoms with Gasteiger partial charge in [-0.3, -0.25) is 0 Å². The van der Waals surface area contributed by atoms with Crippen LogP contribution in [0.15, 0.2) is 6.07 Å². The number of rotatable bonds is 3. The highest BCUT2D eigenvalue weighted by Crippen LogP contribution is 2.51. The fourth-order valence-corrected chi connectivity index (χ4v) is 4.12. The lowest BCUT2D eigenvalue weighted by molar-refractivity contribution is 0.173. The second-order valence-corrected chi connectivity index (χ2v) is 6.99. The summed E-state index contributed by atoms with van der Waals surface area (Å²) in [5.41, 5.74) is 8.79. The van der Waals surface area contributed by atoms with E-state index in [4.69, 9.17) is 26.8 Å². The third kappa shape index (κ3) is 2.40. The molecule has 3 nitrogen and oxygen atoms in total. The zero-order valence-electron chi connectivity index (χ0n) is 12.9. The van der Waals surface area contributed by atoms with Gasteiger partial charge in [0, 0.05) is 17.5 Å². The number of hydrogen-bond acceptors (Lipinski definition) is 3. The molecular weight excluding hydrogens is 286 g/mol. The molecule has 1 aromatic rings. The van der Waals surface area contributed by atoms with E-state index in [0.29, 0.717) is 23.2 Å². The molecule has 3 rings (SSSR count). The largest absolute Gasteiger partial charge is 0.453 e. The van der Waals surface area contributed by atoms with E-state index < -0.39 is 0 Å². The van der Waals surface area contributed by atoms with Crippen molar-refractivity contribution in [2.24, 2.45) is 5.73 Å². The Balaban J connectivity index is 2.19. The molecule has 0 spiro atoms. The first kappa shape index (κ1) is 15.0. The van der Waals surface area contributed by atoms with E-state index in [0.717, 1.165) is 18.6 Å². The maximum absolute atomic E-state index is 6.44. The van der Waals surface area contributed by atoms with E-state index in [-0.39, 0.29) is 12.2 Å². The van der Waals surface area contributed by atoms with Gasteiger partial charge in [0.2, 0.25) is 6.79 Å². The first-order valence-electron chi connectivity index (χ1n) is 7.91. The lowest BCUT2D eigenvalue weighted by Gasteiger charge is -2.39. The molecular formula is C17H24ClNO2. The standard InChI is InChI=1S/C17H24ClNO2/c1-11(2)14-12(17(9-19)6-4-3-5-7-17)8-13(18)15-16(14)21-10-20-15/h8,11H,3-7,9-10,19H2,1-2H3. The van der Waals surface area contributed by atoms with Crippen molar-refractivity contribution in [1.82, 2.24) is 0 Å². The molecule has 0 atom stereocenters. The van der Waals surface area contributed by atoms with Gasteiger partial charge in [-0.15, -0.1) is 0 Å². The lowest BCUT2D eigenvalue weighted by atomic mass is 9.67. The Bertz CT molecular complexity index is 536. The Kier molecular flexibility index (Phi) is 4.06. The molecule has 1 fully saturated rings. The molecule has 0 radical (unpaired) electrons. The van der Waals surface area contributed by atoms with Crippen LogP contribution in [0.4, 0.5) is 0 Å². The summed E-state index contributed by atoms with van der Waals surface area (Å²) in [7, 11) is 0. The van der Waals surface area contributed by atoms with Crippen LogP contribution in [0, 0.1) is 0 Å². The van der Waals surface area contributed by atoms with Gasteiger partial charge in [0.05, 0.1) is 5.02 Å². The Hall–Kier alpha value is -0.930. The summed E-state index contributed by atoms with van der Waals surface area (Å²) in [5, 5.41) is 0.653. The SMILES string of the molecule is CC(C)c1c(C2(CN)CCCCC2)cc(Cl)c2c1OCO2. The van der Waals surface area contributed by atoms with E-state index in [1.165, 1.54) is 30.4 Å². The van der Waals surface area contributed by atoms with Crippen LogP contribution in [0.25, 0.3) is 0 Å². The molecule has 0 aromatic heterocycles. The molecule has 0 bridgehead atoms. The third-order valence-corrected chi connectivity index (χ3v) is 5.27. The molecule has 0 saturated heterocycles. The minimum Gasteiger partial charge on any atom is -0.453 e. The Morgan fingerprint density at radius 3 is 2.48 bits per heavy atom. The second-order valence-electron chi connectivity index (χ2n) is 6.58. The van der Waals surface area contributed by atoms with Crippen LogP contribution in [0.3, 0.4) is 0 Å². The maximum atomic E-state index is 6.44. The van der Waals surface area contributed by atoms with Gasteiger partial charge in [0.15, 0.2) is 11.5 Å². The minimum atomic E-state index is 0.0441. The van der Waals surface area contributed by atoms with Crippen molar-refractivity contribution in [3.05, 3.63) is 22.2 Å². The Morgan fingerprint density at radius 2 is 1.86 bits per heavy atom. The molecule has 1 aliphatic carbocycles. The van der Waals surface area contributed by atoms with Gasteiger partial charge in [0.1, 0.15) is 0 Å². The van der Waals surface area contributed by atoms with E-state index >= 15 is 0 Å². The average molecular weight is 310 g/mol. The van der Waals surface area contributed by atoms with Crippen LogP contribution < -0.4 is 15.2 Å². The van der Waals surface area contributed by atoms with Crippen molar-refractivity contribution >= 4 is 11.6 Å². The monoisotopic (exact) mass is 309 g/mol. The molecule has 1 aliphatic heterocycles. The van der Waals surface area contributed by atoms with Gasteiger partial charge in [-0.1, -0.05) is 44.7 Å². The quantitative estimate of drug-likeness (QED) is 0.902. The van der Waals surface area contributed by atoms with E-state index in [9.17, 15) is 0 Å². The summed E-state index contributed by atoms with van der Waals surface area (Å²) < 4.78 is 11.3. The highest BCUT2D eigenvalue weighted by atomic mass is 35.5. The Labute approximate surface area is 131 Å². The molecule has 2 aliphatic rings. The van der Waals surface area contributed by atoms with Crippen molar-refractivity contribution in [2.75, 3.05) is 13.3 Å². The average Bonchev–Trinajstić information content (AvgIpc) is 2.97. The molecule has 1 saturated carbocycles. The number of fused-ring (bicyclic) bond motifs is 1. The van der Waals surface area contributed by atoms with Crippen LogP contribution in [0.1, 0.15) is 63.0 Å². The number of nitrogens with two attached hydrogens (primary N) is 1. The predicted octanol–water partition coefficient (Wildman–Crippen LogP) is 4.35. The predicted molar refractivity (Wildman–Crippen MR) is 85.5 cm³/mol. The van der Waals surface area contributed by atoms with E-state index in [1.54, 1.807) is 0 Å². The molecule has 1 heterocycles. The molecule has 1 aromatic carbocycles. The van der Waals surface area contributed by atoms with Gasteiger partial charge in [-0.05, 0) is 30.4 Å². The van der Waals surface area contributed by atoms with Crippen LogP contribution in [0.2, 0.25) is 5.02 Å². The normalized spacial score (nSPS) is 20.0. The summed E-state index contributed by atoms with van der Waals surface area (Å²) in [4.78, 5) is 0. The topological polar surface area (TPSA) is 44.5 Å². The van der Waals surface area contributed by atoms with Crippen molar-refractivity contribution in [3.63, 3.8) is 0 Å². The van der Waals surface area contributed by atoms with E-state index in [2.05, 4.69) is 19.9 Å². The van der Waals surface area contributed by atoms with Gasteiger partial charge in [-0.25, -0.2) is 0 Å². The number of hydrogen-bond donors (Lipinski definition) is 1. The van der Waals surface area contributed by atoms with Gasteiger partial charge in [-0.2, -0.15) is 0 Å². The third-order valence-electron chi connectivity index (χ3n) is 4.99. The van der Waals surface area contributed by atoms with Crippen molar-refractivity contribution in [1.29, 1.82) is 0 Å². The summed E-state index contributed by atoms with van der Waals surface area (Å²) >= 11 is 6.44. The molecule has 4 heteroatoms. The number of ether oxygens (including phenoxy) is 2. The van der Waals surface area contributed by atoms with Gasteiger partial charge >= 0.3 is 0 Å². The molecule has 116 valence electrons. The summed E-state index contributed by atoms with van der Waals surface area (Å²) in [6.07, 6.45) is 6.05. The smallest absolute Gasteiger partial charge is 0.231 e.